The van der Waals surface area contributed by atoms with Gasteiger partial charge in [0, 0.05) is 24.7 Å². The fraction of sp³-hybridized carbons (Fsp3) is 0.263. The van der Waals surface area contributed by atoms with Crippen molar-refractivity contribution >= 4 is 11.6 Å². The van der Waals surface area contributed by atoms with Crippen LogP contribution in [-0.2, 0) is 18.8 Å². The van der Waals surface area contributed by atoms with E-state index in [4.69, 9.17) is 16.3 Å². The quantitative estimate of drug-likeness (QED) is 0.467. The number of hydrogen-bond donors (Lipinski definition) is 0. The fourth-order valence-electron chi connectivity index (χ4n) is 2.94. The van der Waals surface area contributed by atoms with E-state index in [9.17, 15) is 26.3 Å². The summed E-state index contributed by atoms with van der Waals surface area (Å²) in [5.41, 5.74) is -2.58. The second-order valence-electron chi connectivity index (χ2n) is 6.88. The largest absolute Gasteiger partial charge is 0.474 e. The second kappa shape index (κ2) is 7.50. The third kappa shape index (κ3) is 3.96. The van der Waals surface area contributed by atoms with Crippen molar-refractivity contribution < 1.29 is 31.1 Å². The zero-order valence-electron chi connectivity index (χ0n) is 15.8. The number of hydrogen-bond acceptors (Lipinski definition) is 3. The van der Waals surface area contributed by atoms with Gasteiger partial charge in [0.15, 0.2) is 34.6 Å². The number of nitrogens with zero attached hydrogens (tertiary/aromatic N) is 3. The summed E-state index contributed by atoms with van der Waals surface area (Å²) < 4.78 is 87.2. The molecule has 0 aliphatic heterocycles. The molecule has 2 aromatic carbocycles. The summed E-state index contributed by atoms with van der Waals surface area (Å²) in [6.07, 6.45) is -4.67. The Labute approximate surface area is 172 Å². The molecule has 0 aliphatic carbocycles. The number of ether oxygens (including phenoxy) is 1. The van der Waals surface area contributed by atoms with E-state index in [2.05, 4.69) is 10.2 Å². The van der Waals surface area contributed by atoms with Gasteiger partial charge in [-0.2, -0.15) is 13.2 Å². The SMILES string of the molecule is Cn1c(-c2cccc(C(F)(F)F)c2Cl)nnc1C(C)(C)Oc1c(F)cc(F)cc1F. The lowest BCUT2D eigenvalue weighted by Crippen LogP contribution is -2.30. The van der Waals surface area contributed by atoms with Crippen LogP contribution < -0.4 is 4.74 Å². The average Bonchev–Trinajstić information content (AvgIpc) is 2.99. The first kappa shape index (κ1) is 21.9. The zero-order valence-corrected chi connectivity index (χ0v) is 16.5. The molecule has 0 radical (unpaired) electrons. The topological polar surface area (TPSA) is 39.9 Å². The van der Waals surface area contributed by atoms with E-state index < -0.39 is 45.6 Å². The highest BCUT2D eigenvalue weighted by atomic mass is 35.5. The third-order valence-corrected chi connectivity index (χ3v) is 4.69. The van der Waals surface area contributed by atoms with Gasteiger partial charge in [-0.1, -0.05) is 17.7 Å². The summed E-state index contributed by atoms with van der Waals surface area (Å²) in [6, 6.07) is 4.25. The Kier molecular flexibility index (Phi) is 5.48. The molecule has 1 aromatic heterocycles. The Morgan fingerprint density at radius 2 is 1.60 bits per heavy atom. The summed E-state index contributed by atoms with van der Waals surface area (Å²) in [4.78, 5) is 0. The van der Waals surface area contributed by atoms with Crippen LogP contribution in [0, 0.1) is 17.5 Å². The summed E-state index contributed by atoms with van der Waals surface area (Å²) in [7, 11) is 1.43. The van der Waals surface area contributed by atoms with Gasteiger partial charge < -0.3 is 9.30 Å². The fourth-order valence-corrected chi connectivity index (χ4v) is 3.26. The molecule has 3 aromatic rings. The molecule has 0 bridgehead atoms. The van der Waals surface area contributed by atoms with Crippen molar-refractivity contribution in [3.05, 3.63) is 64.2 Å². The average molecular weight is 450 g/mol. The van der Waals surface area contributed by atoms with Gasteiger partial charge in [-0.05, 0) is 26.0 Å². The van der Waals surface area contributed by atoms with E-state index in [1.807, 2.05) is 0 Å². The lowest BCUT2D eigenvalue weighted by Gasteiger charge is -2.26. The van der Waals surface area contributed by atoms with Crippen LogP contribution in [0.1, 0.15) is 25.2 Å². The normalized spacial score (nSPS) is 12.3. The van der Waals surface area contributed by atoms with Crippen molar-refractivity contribution in [3.8, 4) is 17.1 Å². The molecule has 0 aliphatic rings. The molecule has 1 heterocycles. The van der Waals surface area contributed by atoms with Gasteiger partial charge in [0.25, 0.3) is 0 Å². The molecule has 0 atom stereocenters. The molecule has 3 rings (SSSR count). The van der Waals surface area contributed by atoms with Crippen LogP contribution in [-0.4, -0.2) is 14.8 Å². The smallest absolute Gasteiger partial charge is 0.417 e. The van der Waals surface area contributed by atoms with Gasteiger partial charge in [0.05, 0.1) is 10.6 Å². The van der Waals surface area contributed by atoms with Crippen molar-refractivity contribution in [1.82, 2.24) is 14.8 Å². The molecule has 0 saturated heterocycles. The minimum atomic E-state index is -4.67. The van der Waals surface area contributed by atoms with Crippen LogP contribution >= 0.6 is 11.6 Å². The molecule has 4 nitrogen and oxygen atoms in total. The van der Waals surface area contributed by atoms with Crippen molar-refractivity contribution in [3.63, 3.8) is 0 Å². The molecular weight excluding hydrogens is 436 g/mol. The van der Waals surface area contributed by atoms with Crippen molar-refractivity contribution in [2.24, 2.45) is 7.05 Å². The number of benzene rings is 2. The first-order valence-electron chi connectivity index (χ1n) is 8.42. The third-order valence-electron chi connectivity index (χ3n) is 4.28. The van der Waals surface area contributed by atoms with Crippen LogP contribution in [0.3, 0.4) is 0 Å². The highest BCUT2D eigenvalue weighted by molar-refractivity contribution is 6.34. The van der Waals surface area contributed by atoms with Crippen molar-refractivity contribution in [2.75, 3.05) is 0 Å². The standard InChI is InChI=1S/C19H14ClF6N3O/c1-18(2,30-15-12(22)7-9(21)8-13(15)23)17-28-27-16(29(17)3)10-5-4-6-11(14(10)20)19(24,25)26/h4-8H,1-3H3. The maximum atomic E-state index is 14.0. The summed E-state index contributed by atoms with van der Waals surface area (Å²) >= 11 is 5.94. The van der Waals surface area contributed by atoms with E-state index in [0.717, 1.165) is 6.07 Å². The minimum Gasteiger partial charge on any atom is -0.474 e. The predicted octanol–water partition coefficient (Wildman–Crippen LogP) is 5.89. The zero-order chi connectivity index (χ0) is 22.4. The Bertz CT molecular complexity index is 1090. The molecule has 0 fully saturated rings. The molecule has 11 heteroatoms. The number of halogens is 7. The van der Waals surface area contributed by atoms with E-state index in [1.54, 1.807) is 0 Å². The lowest BCUT2D eigenvalue weighted by atomic mass is 10.1. The highest BCUT2D eigenvalue weighted by Gasteiger charge is 2.36. The number of alkyl halides is 3. The van der Waals surface area contributed by atoms with Gasteiger partial charge in [-0.3, -0.25) is 0 Å². The van der Waals surface area contributed by atoms with Gasteiger partial charge in [-0.25, -0.2) is 13.2 Å². The molecule has 0 amide bonds. The predicted molar refractivity (Wildman–Crippen MR) is 96.4 cm³/mol. The Morgan fingerprint density at radius 1 is 1.00 bits per heavy atom. The summed E-state index contributed by atoms with van der Waals surface area (Å²) in [5.74, 6) is -4.45. The van der Waals surface area contributed by atoms with Crippen molar-refractivity contribution in [1.29, 1.82) is 0 Å². The van der Waals surface area contributed by atoms with E-state index in [-0.39, 0.29) is 17.2 Å². The molecule has 0 unspecified atom stereocenters. The maximum Gasteiger partial charge on any atom is 0.417 e. The first-order valence-corrected chi connectivity index (χ1v) is 8.80. The van der Waals surface area contributed by atoms with Gasteiger partial charge in [0.2, 0.25) is 0 Å². The second-order valence-corrected chi connectivity index (χ2v) is 7.26. The van der Waals surface area contributed by atoms with Crippen LogP contribution in [0.25, 0.3) is 11.4 Å². The van der Waals surface area contributed by atoms with Gasteiger partial charge in [0.1, 0.15) is 5.82 Å². The molecule has 0 spiro atoms. The Morgan fingerprint density at radius 3 is 2.17 bits per heavy atom. The highest BCUT2D eigenvalue weighted by Crippen LogP contribution is 2.40. The molecule has 0 saturated carbocycles. The number of rotatable bonds is 4. The molecular formula is C19H14ClF6N3O. The molecule has 0 N–H and O–H groups in total. The lowest BCUT2D eigenvalue weighted by molar-refractivity contribution is -0.137. The Hall–Kier alpha value is -2.75. The van der Waals surface area contributed by atoms with Crippen LogP contribution in [0.4, 0.5) is 26.3 Å². The van der Waals surface area contributed by atoms with Crippen LogP contribution in [0.15, 0.2) is 30.3 Å². The van der Waals surface area contributed by atoms with Gasteiger partial charge >= 0.3 is 6.18 Å². The van der Waals surface area contributed by atoms with Crippen LogP contribution in [0.2, 0.25) is 5.02 Å². The van der Waals surface area contributed by atoms with Crippen molar-refractivity contribution in [2.45, 2.75) is 25.6 Å². The number of aromatic nitrogens is 3. The summed E-state index contributed by atoms with van der Waals surface area (Å²) in [5, 5.41) is 7.20. The van der Waals surface area contributed by atoms with E-state index >= 15 is 0 Å². The van der Waals surface area contributed by atoms with Crippen LogP contribution in [0.5, 0.6) is 5.75 Å². The summed E-state index contributed by atoms with van der Waals surface area (Å²) in [6.45, 7) is 2.83. The molecule has 160 valence electrons. The van der Waals surface area contributed by atoms with E-state index in [1.165, 1.54) is 37.6 Å². The van der Waals surface area contributed by atoms with E-state index in [0.29, 0.717) is 12.1 Å². The minimum absolute atomic E-state index is 0.0159. The maximum absolute atomic E-state index is 14.0. The first-order chi connectivity index (χ1) is 13.8. The Balaban J connectivity index is 2.04. The monoisotopic (exact) mass is 449 g/mol. The molecule has 30 heavy (non-hydrogen) atoms. The van der Waals surface area contributed by atoms with Gasteiger partial charge in [-0.15, -0.1) is 10.2 Å².